The van der Waals surface area contributed by atoms with Crippen molar-refractivity contribution in [3.8, 4) is 0 Å². The van der Waals surface area contributed by atoms with Crippen molar-refractivity contribution in [3.63, 3.8) is 0 Å². The van der Waals surface area contributed by atoms with Gasteiger partial charge in [-0.1, -0.05) is 13.8 Å². The maximum Gasteiger partial charge on any atom is 0.242 e. The van der Waals surface area contributed by atoms with Gasteiger partial charge < -0.3 is 5.32 Å². The zero-order valence-electron chi connectivity index (χ0n) is 13.5. The molecule has 1 aromatic carbocycles. The molecule has 0 radical (unpaired) electrons. The predicted octanol–water partition coefficient (Wildman–Crippen LogP) is 2.54. The van der Waals surface area contributed by atoms with Crippen LogP contribution in [0.15, 0.2) is 17.0 Å². The number of rotatable bonds is 5. The molecule has 0 aliphatic heterocycles. The number of benzene rings is 1. The molecule has 0 aliphatic carbocycles. The molecule has 0 saturated heterocycles. The quantitative estimate of drug-likeness (QED) is 0.908. The largest absolute Gasteiger partial charge is 0.326 e. The van der Waals surface area contributed by atoms with Crippen molar-refractivity contribution < 1.29 is 13.2 Å². The van der Waals surface area contributed by atoms with Crippen molar-refractivity contribution in [1.29, 1.82) is 0 Å². The zero-order chi connectivity index (χ0) is 16.4. The van der Waals surface area contributed by atoms with Gasteiger partial charge in [-0.3, -0.25) is 4.79 Å². The predicted molar refractivity (Wildman–Crippen MR) is 84.9 cm³/mol. The lowest BCUT2D eigenvalue weighted by Crippen LogP contribution is -2.24. The van der Waals surface area contributed by atoms with Crippen molar-refractivity contribution >= 4 is 21.6 Å². The van der Waals surface area contributed by atoms with Crippen LogP contribution in [0.4, 0.5) is 5.69 Å². The van der Waals surface area contributed by atoms with Gasteiger partial charge in [-0.15, -0.1) is 0 Å². The topological polar surface area (TPSA) is 66.5 Å². The van der Waals surface area contributed by atoms with Crippen LogP contribution in [0, 0.1) is 19.8 Å². The maximum absolute atomic E-state index is 12.2. The lowest BCUT2D eigenvalue weighted by Gasteiger charge is -2.17. The second-order valence-corrected chi connectivity index (χ2v) is 7.65. The second-order valence-electron chi connectivity index (χ2n) is 5.50. The molecule has 1 aromatic rings. The number of amides is 1. The third-order valence-corrected chi connectivity index (χ3v) is 5.53. The first-order chi connectivity index (χ1) is 9.61. The molecule has 21 heavy (non-hydrogen) atoms. The van der Waals surface area contributed by atoms with Crippen molar-refractivity contribution in [3.05, 3.63) is 23.3 Å². The summed E-state index contributed by atoms with van der Waals surface area (Å²) in [7, 11) is -0.542. The first kappa shape index (κ1) is 17.7. The Morgan fingerprint density at radius 2 is 1.86 bits per heavy atom. The lowest BCUT2D eigenvalue weighted by molar-refractivity contribution is -0.119. The molecular formula is C15H24N2O3S. The van der Waals surface area contributed by atoms with Gasteiger partial charge in [-0.2, -0.15) is 0 Å². The van der Waals surface area contributed by atoms with E-state index in [1.165, 1.54) is 20.2 Å². The average Bonchev–Trinajstić information content (AvgIpc) is 2.42. The molecule has 0 spiro atoms. The van der Waals surface area contributed by atoms with Crippen LogP contribution < -0.4 is 5.32 Å². The Balaban J connectivity index is 3.29. The summed E-state index contributed by atoms with van der Waals surface area (Å²) >= 11 is 0. The molecular weight excluding hydrogens is 288 g/mol. The fourth-order valence-electron chi connectivity index (χ4n) is 1.76. The van der Waals surface area contributed by atoms with Crippen LogP contribution in [0.3, 0.4) is 0 Å². The van der Waals surface area contributed by atoms with Crippen LogP contribution in [0.1, 0.15) is 31.4 Å². The van der Waals surface area contributed by atoms with E-state index in [9.17, 15) is 13.2 Å². The normalized spacial score (nSPS) is 13.3. The van der Waals surface area contributed by atoms with Gasteiger partial charge in [0, 0.05) is 25.7 Å². The zero-order valence-corrected chi connectivity index (χ0v) is 14.3. The van der Waals surface area contributed by atoms with Gasteiger partial charge >= 0.3 is 0 Å². The Morgan fingerprint density at radius 3 is 2.33 bits per heavy atom. The number of sulfonamides is 1. The van der Waals surface area contributed by atoms with Gasteiger partial charge in [0.25, 0.3) is 0 Å². The van der Waals surface area contributed by atoms with Crippen LogP contribution in [0.5, 0.6) is 0 Å². The molecule has 1 atom stereocenters. The molecule has 0 aliphatic rings. The molecule has 1 amide bonds. The summed E-state index contributed by atoms with van der Waals surface area (Å²) in [4.78, 5) is 12.2. The van der Waals surface area contributed by atoms with Crippen LogP contribution in [0.25, 0.3) is 0 Å². The fourth-order valence-corrected chi connectivity index (χ4v) is 2.77. The van der Waals surface area contributed by atoms with Gasteiger partial charge in [-0.25, -0.2) is 12.7 Å². The molecule has 118 valence electrons. The summed E-state index contributed by atoms with van der Waals surface area (Å²) in [6.07, 6.45) is 0.736. The Hall–Kier alpha value is -1.40. The van der Waals surface area contributed by atoms with E-state index in [0.717, 1.165) is 21.9 Å². The van der Waals surface area contributed by atoms with E-state index in [2.05, 4.69) is 5.32 Å². The SMILES string of the molecule is CCC(C)C(=O)Nc1cc(S(=O)(=O)N(C)C)cc(C)c1C. The van der Waals surface area contributed by atoms with Crippen molar-refractivity contribution in [2.75, 3.05) is 19.4 Å². The minimum atomic E-state index is -3.52. The molecule has 6 heteroatoms. The first-order valence-corrected chi connectivity index (χ1v) is 8.39. The Labute approximate surface area is 127 Å². The average molecular weight is 312 g/mol. The molecule has 5 nitrogen and oxygen atoms in total. The van der Waals surface area contributed by atoms with E-state index in [1.54, 1.807) is 6.07 Å². The third-order valence-electron chi connectivity index (χ3n) is 3.74. The fraction of sp³-hybridized carbons (Fsp3) is 0.533. The summed E-state index contributed by atoms with van der Waals surface area (Å²) < 4.78 is 25.6. The minimum absolute atomic E-state index is 0.0978. The van der Waals surface area contributed by atoms with Crippen molar-refractivity contribution in [2.24, 2.45) is 5.92 Å². The van der Waals surface area contributed by atoms with Gasteiger partial charge in [0.05, 0.1) is 4.90 Å². The molecule has 0 saturated carbocycles. The van der Waals surface area contributed by atoms with E-state index in [0.29, 0.717) is 5.69 Å². The number of nitrogens with zero attached hydrogens (tertiary/aromatic N) is 1. The standard InChI is InChI=1S/C15H24N2O3S/c1-7-10(2)15(18)16-14-9-13(8-11(3)12(14)4)21(19,20)17(5)6/h8-10H,7H2,1-6H3,(H,16,18). The number of nitrogens with one attached hydrogen (secondary N) is 1. The van der Waals surface area contributed by atoms with Gasteiger partial charge in [-0.05, 0) is 43.5 Å². The van der Waals surface area contributed by atoms with E-state index < -0.39 is 10.0 Å². The highest BCUT2D eigenvalue weighted by Gasteiger charge is 2.20. The number of anilines is 1. The Morgan fingerprint density at radius 1 is 1.29 bits per heavy atom. The first-order valence-electron chi connectivity index (χ1n) is 6.95. The summed E-state index contributed by atoms with van der Waals surface area (Å²) in [6, 6.07) is 3.15. The van der Waals surface area contributed by atoms with Crippen LogP contribution >= 0.6 is 0 Å². The summed E-state index contributed by atoms with van der Waals surface area (Å²) in [5, 5.41) is 2.83. The Bertz CT molecular complexity index is 637. The maximum atomic E-state index is 12.2. The van der Waals surface area contributed by atoms with Gasteiger partial charge in [0.2, 0.25) is 15.9 Å². The monoisotopic (exact) mass is 312 g/mol. The molecule has 0 fully saturated rings. The second kappa shape index (κ2) is 6.58. The summed E-state index contributed by atoms with van der Waals surface area (Å²) in [5.41, 5.74) is 2.27. The molecule has 0 bridgehead atoms. The molecule has 0 heterocycles. The van der Waals surface area contributed by atoms with Crippen LogP contribution in [0.2, 0.25) is 0 Å². The minimum Gasteiger partial charge on any atom is -0.326 e. The number of hydrogen-bond acceptors (Lipinski definition) is 3. The van der Waals surface area contributed by atoms with Crippen LogP contribution in [-0.2, 0) is 14.8 Å². The number of carbonyl (C=O) groups is 1. The van der Waals surface area contributed by atoms with E-state index in [4.69, 9.17) is 0 Å². The highest BCUT2D eigenvalue weighted by Crippen LogP contribution is 2.26. The molecule has 1 rings (SSSR count). The summed E-state index contributed by atoms with van der Waals surface area (Å²) in [6.45, 7) is 7.49. The van der Waals surface area contributed by atoms with E-state index >= 15 is 0 Å². The smallest absolute Gasteiger partial charge is 0.242 e. The highest BCUT2D eigenvalue weighted by molar-refractivity contribution is 7.89. The van der Waals surface area contributed by atoms with Gasteiger partial charge in [0.1, 0.15) is 0 Å². The van der Waals surface area contributed by atoms with Crippen molar-refractivity contribution in [2.45, 2.75) is 39.0 Å². The Kier molecular flexibility index (Phi) is 5.53. The number of carbonyl (C=O) groups excluding carboxylic acids is 1. The lowest BCUT2D eigenvalue weighted by atomic mass is 10.1. The van der Waals surface area contributed by atoms with Gasteiger partial charge in [0.15, 0.2) is 0 Å². The van der Waals surface area contributed by atoms with E-state index in [-0.39, 0.29) is 16.7 Å². The molecule has 1 N–H and O–H groups in total. The molecule has 1 unspecified atom stereocenters. The van der Waals surface area contributed by atoms with E-state index in [1.807, 2.05) is 27.7 Å². The van der Waals surface area contributed by atoms with Crippen LogP contribution in [-0.4, -0.2) is 32.7 Å². The number of hydrogen-bond donors (Lipinski definition) is 1. The number of aryl methyl sites for hydroxylation is 1. The molecule has 0 aromatic heterocycles. The third kappa shape index (κ3) is 3.83. The summed E-state index contributed by atoms with van der Waals surface area (Å²) in [5.74, 6) is -0.210. The highest BCUT2D eigenvalue weighted by atomic mass is 32.2. The van der Waals surface area contributed by atoms with Crippen molar-refractivity contribution in [1.82, 2.24) is 4.31 Å².